The minimum Gasteiger partial charge on any atom is -0.294 e. The lowest BCUT2D eigenvalue weighted by Gasteiger charge is -2.24. The van der Waals surface area contributed by atoms with E-state index in [1.165, 1.54) is 30.4 Å². The molecule has 2 aromatic carbocycles. The molecule has 2 aromatic rings. The maximum atomic E-state index is 12.1. The highest BCUT2D eigenvalue weighted by atomic mass is 16.1. The van der Waals surface area contributed by atoms with Crippen molar-refractivity contribution in [3.8, 4) is 0 Å². The second-order valence-electron chi connectivity index (χ2n) is 5.78. The molecule has 0 aromatic heterocycles. The summed E-state index contributed by atoms with van der Waals surface area (Å²) in [6, 6.07) is 18.6. The molecular weight excluding hydrogens is 244 g/mol. The fraction of sp³-hybridized carbons (Fsp3) is 0.316. The Labute approximate surface area is 120 Å². The molecule has 1 saturated carbocycles. The Kier molecular flexibility index (Phi) is 3.96. The molecule has 0 atom stereocenters. The van der Waals surface area contributed by atoms with Gasteiger partial charge in [0.2, 0.25) is 0 Å². The van der Waals surface area contributed by atoms with Crippen molar-refractivity contribution < 1.29 is 4.79 Å². The van der Waals surface area contributed by atoms with E-state index in [4.69, 9.17) is 0 Å². The van der Waals surface area contributed by atoms with Crippen LogP contribution in [-0.4, -0.2) is 5.78 Å². The maximum Gasteiger partial charge on any atom is 0.163 e. The monoisotopic (exact) mass is 264 g/mol. The number of hydrogen-bond donors (Lipinski definition) is 0. The first-order chi connectivity index (χ1) is 9.81. The number of benzene rings is 2. The van der Waals surface area contributed by atoms with Crippen molar-refractivity contribution in [3.63, 3.8) is 0 Å². The molecular formula is C19H20O. The highest BCUT2D eigenvalue weighted by molar-refractivity contribution is 5.96. The van der Waals surface area contributed by atoms with E-state index >= 15 is 0 Å². The minimum atomic E-state index is 0.306. The molecule has 0 bridgehead atoms. The first-order valence-corrected chi connectivity index (χ1v) is 7.47. The van der Waals surface area contributed by atoms with Gasteiger partial charge in [0.15, 0.2) is 5.78 Å². The molecule has 0 unspecified atom stereocenters. The van der Waals surface area contributed by atoms with E-state index in [9.17, 15) is 4.79 Å². The summed E-state index contributed by atoms with van der Waals surface area (Å²) >= 11 is 0. The molecule has 1 nitrogen and oxygen atoms in total. The van der Waals surface area contributed by atoms with Crippen LogP contribution in [0.15, 0.2) is 54.6 Å². The number of rotatable bonds is 5. The third kappa shape index (κ3) is 3.16. The predicted molar refractivity (Wildman–Crippen MR) is 82.0 cm³/mol. The van der Waals surface area contributed by atoms with Gasteiger partial charge in [0.05, 0.1) is 0 Å². The molecule has 20 heavy (non-hydrogen) atoms. The zero-order chi connectivity index (χ0) is 13.8. The van der Waals surface area contributed by atoms with Gasteiger partial charge in [0, 0.05) is 12.0 Å². The standard InChI is InChI=1S/C19H20O/c20-19(14-16-7-4-8-16)18-11-9-17(10-12-18)13-15-5-2-1-3-6-15/h1-3,5-6,9-12,16H,4,7-8,13-14H2. The van der Waals surface area contributed by atoms with Crippen molar-refractivity contribution in [1.82, 2.24) is 0 Å². The lowest BCUT2D eigenvalue weighted by molar-refractivity contribution is 0.0936. The van der Waals surface area contributed by atoms with Gasteiger partial charge in [-0.25, -0.2) is 0 Å². The predicted octanol–water partition coefficient (Wildman–Crippen LogP) is 4.65. The largest absolute Gasteiger partial charge is 0.294 e. The van der Waals surface area contributed by atoms with Gasteiger partial charge in [-0.3, -0.25) is 4.79 Å². The summed E-state index contributed by atoms with van der Waals surface area (Å²) in [7, 11) is 0. The molecule has 1 fully saturated rings. The van der Waals surface area contributed by atoms with Gasteiger partial charge in [0.25, 0.3) is 0 Å². The van der Waals surface area contributed by atoms with Crippen molar-refractivity contribution >= 4 is 5.78 Å². The van der Waals surface area contributed by atoms with Crippen LogP contribution in [0.25, 0.3) is 0 Å². The first-order valence-electron chi connectivity index (χ1n) is 7.47. The summed E-state index contributed by atoms with van der Waals surface area (Å²) in [4.78, 5) is 12.1. The van der Waals surface area contributed by atoms with Crippen molar-refractivity contribution in [2.45, 2.75) is 32.1 Å². The van der Waals surface area contributed by atoms with Gasteiger partial charge in [-0.15, -0.1) is 0 Å². The summed E-state index contributed by atoms with van der Waals surface area (Å²) in [5.41, 5.74) is 3.44. The number of Topliss-reactive ketones (excluding diaryl/α,β-unsaturated/α-hetero) is 1. The molecule has 0 N–H and O–H groups in total. The van der Waals surface area contributed by atoms with Crippen molar-refractivity contribution in [2.75, 3.05) is 0 Å². The highest BCUT2D eigenvalue weighted by Gasteiger charge is 2.21. The van der Waals surface area contributed by atoms with Crippen LogP contribution in [0.2, 0.25) is 0 Å². The molecule has 0 heterocycles. The number of carbonyl (C=O) groups excluding carboxylic acids is 1. The summed E-state index contributed by atoms with van der Waals surface area (Å²) in [5, 5.41) is 0. The fourth-order valence-corrected chi connectivity index (χ4v) is 2.72. The van der Waals surface area contributed by atoms with E-state index in [-0.39, 0.29) is 0 Å². The van der Waals surface area contributed by atoms with Gasteiger partial charge in [-0.05, 0) is 23.5 Å². The van der Waals surface area contributed by atoms with Crippen LogP contribution in [-0.2, 0) is 6.42 Å². The topological polar surface area (TPSA) is 17.1 Å². The molecule has 0 spiro atoms. The Hall–Kier alpha value is -1.89. The molecule has 0 aliphatic heterocycles. The lowest BCUT2D eigenvalue weighted by atomic mass is 9.81. The fourth-order valence-electron chi connectivity index (χ4n) is 2.72. The Morgan fingerprint density at radius 1 is 0.900 bits per heavy atom. The van der Waals surface area contributed by atoms with Crippen molar-refractivity contribution in [3.05, 3.63) is 71.3 Å². The SMILES string of the molecule is O=C(CC1CCC1)c1ccc(Cc2ccccc2)cc1. The van der Waals surface area contributed by atoms with Crippen LogP contribution in [0, 0.1) is 5.92 Å². The van der Waals surface area contributed by atoms with Crippen LogP contribution >= 0.6 is 0 Å². The Bertz CT molecular complexity index is 564. The zero-order valence-electron chi connectivity index (χ0n) is 11.7. The normalized spacial score (nSPS) is 14.8. The van der Waals surface area contributed by atoms with Gasteiger partial charge in [-0.1, -0.05) is 73.9 Å². The van der Waals surface area contributed by atoms with Crippen LogP contribution < -0.4 is 0 Å². The molecule has 102 valence electrons. The summed E-state index contributed by atoms with van der Waals surface area (Å²) < 4.78 is 0. The average molecular weight is 264 g/mol. The third-order valence-corrected chi connectivity index (χ3v) is 4.23. The van der Waals surface area contributed by atoms with Gasteiger partial charge in [-0.2, -0.15) is 0 Å². The van der Waals surface area contributed by atoms with E-state index in [1.807, 2.05) is 18.2 Å². The first kappa shape index (κ1) is 13.1. The van der Waals surface area contributed by atoms with Crippen LogP contribution in [0.3, 0.4) is 0 Å². The Balaban J connectivity index is 1.63. The molecule has 1 heteroatoms. The lowest BCUT2D eigenvalue weighted by Crippen LogP contribution is -2.15. The summed E-state index contributed by atoms with van der Waals surface area (Å²) in [5.74, 6) is 0.951. The molecule has 1 aliphatic carbocycles. The van der Waals surface area contributed by atoms with Crippen molar-refractivity contribution in [2.24, 2.45) is 5.92 Å². The Morgan fingerprint density at radius 2 is 1.55 bits per heavy atom. The van der Waals surface area contributed by atoms with Gasteiger partial charge < -0.3 is 0 Å². The molecule has 0 radical (unpaired) electrons. The van der Waals surface area contributed by atoms with Gasteiger partial charge in [0.1, 0.15) is 0 Å². The zero-order valence-corrected chi connectivity index (χ0v) is 11.7. The van der Waals surface area contributed by atoms with E-state index < -0.39 is 0 Å². The number of hydrogen-bond acceptors (Lipinski definition) is 1. The number of carbonyl (C=O) groups is 1. The Morgan fingerprint density at radius 3 is 2.15 bits per heavy atom. The molecule has 1 aliphatic rings. The highest BCUT2D eigenvalue weighted by Crippen LogP contribution is 2.30. The second kappa shape index (κ2) is 6.04. The second-order valence-corrected chi connectivity index (χ2v) is 5.78. The van der Waals surface area contributed by atoms with E-state index in [2.05, 4.69) is 36.4 Å². The summed E-state index contributed by atoms with van der Waals surface area (Å²) in [6.45, 7) is 0. The van der Waals surface area contributed by atoms with Crippen LogP contribution in [0.5, 0.6) is 0 Å². The maximum absolute atomic E-state index is 12.1. The number of ketones is 1. The quantitative estimate of drug-likeness (QED) is 0.718. The summed E-state index contributed by atoms with van der Waals surface area (Å²) in [6.07, 6.45) is 5.43. The smallest absolute Gasteiger partial charge is 0.163 e. The molecule has 0 amide bonds. The van der Waals surface area contributed by atoms with E-state index in [0.29, 0.717) is 11.7 Å². The minimum absolute atomic E-state index is 0.306. The van der Waals surface area contributed by atoms with Gasteiger partial charge >= 0.3 is 0 Å². The van der Waals surface area contributed by atoms with E-state index in [0.717, 1.165) is 18.4 Å². The third-order valence-electron chi connectivity index (χ3n) is 4.23. The van der Waals surface area contributed by atoms with Crippen LogP contribution in [0.4, 0.5) is 0 Å². The van der Waals surface area contributed by atoms with E-state index in [1.54, 1.807) is 0 Å². The van der Waals surface area contributed by atoms with Crippen molar-refractivity contribution in [1.29, 1.82) is 0 Å². The average Bonchev–Trinajstić information content (AvgIpc) is 2.44. The molecule has 0 saturated heterocycles. The molecule has 3 rings (SSSR count). The van der Waals surface area contributed by atoms with Crippen LogP contribution in [0.1, 0.15) is 47.2 Å².